The molecular weight excluding hydrogens is 380 g/mol. The fraction of sp³-hybridized carbons (Fsp3) is 0.625. The second-order valence-electron chi connectivity index (χ2n) is 6.62. The number of hydrogen-bond acceptors (Lipinski definition) is 6. The van der Waals surface area contributed by atoms with Crippen LogP contribution in [-0.2, 0) is 9.59 Å². The Kier molecular flexibility index (Phi) is 4.75. The van der Waals surface area contributed by atoms with Crippen molar-refractivity contribution < 1.29 is 9.59 Å². The molecule has 0 aromatic carbocycles. The van der Waals surface area contributed by atoms with E-state index in [1.807, 2.05) is 0 Å². The average Bonchev–Trinajstić information content (AvgIpc) is 3.29. The molecule has 0 atom stereocenters. The molecule has 2 amide bonds. The Hall–Kier alpha value is -0.440. The first-order valence-electron chi connectivity index (χ1n) is 8.43. The molecule has 2 saturated carbocycles. The van der Waals surface area contributed by atoms with Gasteiger partial charge in [-0.3, -0.25) is 19.4 Å². The standard InChI is InChI=1S/C16H18N2O2S4/c19-13-11(23-15(21)17(13)9-5-1-2-6-9)12-14(20)18(16(22)24-12)10-7-3-4-8-10/h9-10H,1-8H2. The normalized spacial score (nSPS) is 29.8. The van der Waals surface area contributed by atoms with E-state index in [4.69, 9.17) is 24.4 Å². The molecule has 0 bridgehead atoms. The highest BCUT2D eigenvalue weighted by molar-refractivity contribution is 8.29. The Labute approximate surface area is 160 Å². The number of thiocarbonyl (C=S) groups is 2. The number of carbonyl (C=O) groups excluding carboxylic acids is 2. The Bertz CT molecular complexity index is 607. The van der Waals surface area contributed by atoms with Gasteiger partial charge in [0, 0.05) is 12.1 Å². The van der Waals surface area contributed by atoms with E-state index in [9.17, 15) is 9.59 Å². The minimum atomic E-state index is -0.0937. The Morgan fingerprint density at radius 2 is 1.04 bits per heavy atom. The van der Waals surface area contributed by atoms with Crippen LogP contribution in [0.15, 0.2) is 9.81 Å². The lowest BCUT2D eigenvalue weighted by Gasteiger charge is -2.22. The van der Waals surface area contributed by atoms with E-state index in [0.29, 0.717) is 18.5 Å². The number of amides is 2. The topological polar surface area (TPSA) is 40.6 Å². The molecule has 0 radical (unpaired) electrons. The van der Waals surface area contributed by atoms with Crippen molar-refractivity contribution in [1.82, 2.24) is 9.80 Å². The van der Waals surface area contributed by atoms with Crippen LogP contribution in [0.1, 0.15) is 51.4 Å². The zero-order valence-corrected chi connectivity index (χ0v) is 16.4. The Morgan fingerprint density at radius 3 is 1.38 bits per heavy atom. The third-order valence-electron chi connectivity index (χ3n) is 5.18. The van der Waals surface area contributed by atoms with Crippen molar-refractivity contribution in [3.63, 3.8) is 0 Å². The van der Waals surface area contributed by atoms with E-state index < -0.39 is 0 Å². The predicted octanol–water partition coefficient (Wildman–Crippen LogP) is 3.80. The SMILES string of the molecule is O=C1C(=C2SC(=S)N(C3CCCC3)C2=O)SC(=S)N1C1CCCC1. The average molecular weight is 399 g/mol. The van der Waals surface area contributed by atoms with Gasteiger partial charge in [-0.15, -0.1) is 0 Å². The maximum Gasteiger partial charge on any atom is 0.267 e. The van der Waals surface area contributed by atoms with Gasteiger partial charge in [0.1, 0.15) is 8.64 Å². The van der Waals surface area contributed by atoms with Gasteiger partial charge in [-0.05, 0) is 25.7 Å². The molecule has 4 nitrogen and oxygen atoms in total. The van der Waals surface area contributed by atoms with Crippen molar-refractivity contribution >= 4 is 68.4 Å². The highest BCUT2D eigenvalue weighted by Gasteiger charge is 2.46. The summed E-state index contributed by atoms with van der Waals surface area (Å²) in [6.45, 7) is 0. The maximum atomic E-state index is 12.9. The number of nitrogens with zero attached hydrogens (tertiary/aromatic N) is 2. The van der Waals surface area contributed by atoms with Gasteiger partial charge < -0.3 is 0 Å². The minimum Gasteiger partial charge on any atom is -0.290 e. The first-order chi connectivity index (χ1) is 11.6. The van der Waals surface area contributed by atoms with Crippen molar-refractivity contribution in [2.24, 2.45) is 0 Å². The first-order valence-corrected chi connectivity index (χ1v) is 10.9. The van der Waals surface area contributed by atoms with Gasteiger partial charge in [-0.2, -0.15) is 0 Å². The highest BCUT2D eigenvalue weighted by Crippen LogP contribution is 2.45. The van der Waals surface area contributed by atoms with E-state index >= 15 is 0 Å². The predicted molar refractivity (Wildman–Crippen MR) is 106 cm³/mol. The lowest BCUT2D eigenvalue weighted by molar-refractivity contribution is -0.126. The highest BCUT2D eigenvalue weighted by atomic mass is 32.2. The minimum absolute atomic E-state index is 0.0937. The smallest absolute Gasteiger partial charge is 0.267 e. The second-order valence-corrected chi connectivity index (χ2v) is 9.91. The molecule has 0 aromatic rings. The van der Waals surface area contributed by atoms with E-state index in [0.717, 1.165) is 51.4 Å². The molecule has 24 heavy (non-hydrogen) atoms. The molecule has 0 aromatic heterocycles. The molecule has 4 aliphatic rings. The molecule has 4 fully saturated rings. The quantitative estimate of drug-likeness (QED) is 0.520. The number of carbonyl (C=O) groups is 2. The van der Waals surface area contributed by atoms with Gasteiger partial charge in [-0.1, -0.05) is 73.6 Å². The number of rotatable bonds is 2. The maximum absolute atomic E-state index is 12.9. The molecular formula is C16H18N2O2S4. The van der Waals surface area contributed by atoms with Gasteiger partial charge in [-0.25, -0.2) is 0 Å². The Balaban J connectivity index is 1.62. The fourth-order valence-electron chi connectivity index (χ4n) is 3.99. The van der Waals surface area contributed by atoms with Gasteiger partial charge >= 0.3 is 0 Å². The first kappa shape index (κ1) is 17.0. The van der Waals surface area contributed by atoms with Crippen LogP contribution in [0.5, 0.6) is 0 Å². The lowest BCUT2D eigenvalue weighted by atomic mass is 10.2. The van der Waals surface area contributed by atoms with Crippen LogP contribution in [-0.4, -0.2) is 42.3 Å². The van der Waals surface area contributed by atoms with E-state index in [1.54, 1.807) is 9.80 Å². The summed E-state index contributed by atoms with van der Waals surface area (Å²) in [5, 5.41) is 0. The van der Waals surface area contributed by atoms with Crippen molar-refractivity contribution in [2.75, 3.05) is 0 Å². The number of thioether (sulfide) groups is 2. The summed E-state index contributed by atoms with van der Waals surface area (Å²) < 4.78 is 1.18. The van der Waals surface area contributed by atoms with Crippen LogP contribution < -0.4 is 0 Å². The third-order valence-corrected chi connectivity index (χ3v) is 8.12. The van der Waals surface area contributed by atoms with Gasteiger partial charge in [0.05, 0.1) is 9.81 Å². The summed E-state index contributed by atoms with van der Waals surface area (Å²) in [7, 11) is 0. The van der Waals surface area contributed by atoms with Gasteiger partial charge in [0.25, 0.3) is 11.8 Å². The fourth-order valence-corrected chi connectivity index (χ4v) is 6.94. The van der Waals surface area contributed by atoms with Crippen LogP contribution in [0.3, 0.4) is 0 Å². The monoisotopic (exact) mass is 398 g/mol. The molecule has 128 valence electrons. The molecule has 2 heterocycles. The molecule has 0 N–H and O–H groups in total. The molecule has 0 unspecified atom stereocenters. The summed E-state index contributed by atoms with van der Waals surface area (Å²) in [6, 6.07) is 0.407. The van der Waals surface area contributed by atoms with Crippen molar-refractivity contribution in [3.05, 3.63) is 9.81 Å². The zero-order valence-electron chi connectivity index (χ0n) is 13.2. The molecule has 2 aliphatic carbocycles. The van der Waals surface area contributed by atoms with Crippen LogP contribution in [0, 0.1) is 0 Å². The Morgan fingerprint density at radius 1 is 0.708 bits per heavy atom. The van der Waals surface area contributed by atoms with E-state index in [-0.39, 0.29) is 23.9 Å². The van der Waals surface area contributed by atoms with Gasteiger partial charge in [0.15, 0.2) is 0 Å². The van der Waals surface area contributed by atoms with Gasteiger partial charge in [0.2, 0.25) is 0 Å². The largest absolute Gasteiger partial charge is 0.290 e. The molecule has 2 aliphatic heterocycles. The summed E-state index contributed by atoms with van der Waals surface area (Å²) in [4.78, 5) is 30.3. The molecule has 4 rings (SSSR count). The third kappa shape index (κ3) is 2.75. The van der Waals surface area contributed by atoms with Crippen molar-refractivity contribution in [3.8, 4) is 0 Å². The van der Waals surface area contributed by atoms with Crippen LogP contribution in [0.2, 0.25) is 0 Å². The summed E-state index contributed by atoms with van der Waals surface area (Å²) in [6.07, 6.45) is 8.57. The summed E-state index contributed by atoms with van der Waals surface area (Å²) in [5.41, 5.74) is 0. The molecule has 2 saturated heterocycles. The molecule has 0 spiro atoms. The van der Waals surface area contributed by atoms with Crippen LogP contribution in [0.4, 0.5) is 0 Å². The van der Waals surface area contributed by atoms with Crippen LogP contribution >= 0.6 is 48.0 Å². The number of hydrogen-bond donors (Lipinski definition) is 0. The second kappa shape index (κ2) is 6.70. The van der Waals surface area contributed by atoms with Crippen molar-refractivity contribution in [2.45, 2.75) is 63.5 Å². The summed E-state index contributed by atoms with van der Waals surface area (Å²) in [5.74, 6) is -0.187. The zero-order chi connectivity index (χ0) is 16.8. The van der Waals surface area contributed by atoms with Crippen LogP contribution in [0.25, 0.3) is 0 Å². The lowest BCUT2D eigenvalue weighted by Crippen LogP contribution is -2.38. The van der Waals surface area contributed by atoms with E-state index in [2.05, 4.69) is 0 Å². The van der Waals surface area contributed by atoms with Crippen molar-refractivity contribution in [1.29, 1.82) is 0 Å². The molecule has 8 heteroatoms. The summed E-state index contributed by atoms with van der Waals surface area (Å²) >= 11 is 13.4. The van der Waals surface area contributed by atoms with E-state index in [1.165, 1.54) is 23.5 Å².